The molecule has 0 unspecified atom stereocenters. The van der Waals surface area contributed by atoms with Crippen molar-refractivity contribution in [2.75, 3.05) is 0 Å². The molecule has 1 aromatic carbocycles. The number of benzene rings is 1. The highest BCUT2D eigenvalue weighted by Crippen LogP contribution is 2.31. The van der Waals surface area contributed by atoms with Crippen molar-refractivity contribution in [1.82, 2.24) is 4.98 Å². The highest BCUT2D eigenvalue weighted by atomic mass is 79.9. The van der Waals surface area contributed by atoms with E-state index < -0.39 is 0 Å². The Kier molecular flexibility index (Phi) is 4.49. The molecule has 0 aliphatic carbocycles. The molecule has 0 aliphatic heterocycles. The lowest BCUT2D eigenvalue weighted by atomic mass is 10.2. The van der Waals surface area contributed by atoms with E-state index >= 15 is 0 Å². The molecule has 0 spiro atoms. The maximum Gasteiger partial charge on any atom is 0.219 e. The number of rotatable bonds is 3. The monoisotopic (exact) mass is 345 g/mol. The van der Waals surface area contributed by atoms with Crippen LogP contribution in [0.4, 0.5) is 0 Å². The summed E-state index contributed by atoms with van der Waals surface area (Å²) in [5.74, 6) is 1.52. The molecule has 0 amide bonds. The van der Waals surface area contributed by atoms with Gasteiger partial charge in [0.15, 0.2) is 0 Å². The van der Waals surface area contributed by atoms with Crippen molar-refractivity contribution >= 4 is 39.1 Å². The fourth-order valence-corrected chi connectivity index (χ4v) is 2.43. The molecule has 2 nitrogen and oxygen atoms in total. The number of hydrogen-bond acceptors (Lipinski definition) is 2. The van der Waals surface area contributed by atoms with Gasteiger partial charge in [0.25, 0.3) is 0 Å². The van der Waals surface area contributed by atoms with Crippen LogP contribution in [0, 0.1) is 6.92 Å². The van der Waals surface area contributed by atoms with Crippen LogP contribution in [0.1, 0.15) is 11.3 Å². The molecule has 0 N–H and O–H groups in total. The second-order valence-corrected chi connectivity index (χ2v) is 5.29. The third kappa shape index (κ3) is 3.16. The number of aryl methyl sites for hydroxylation is 1. The van der Waals surface area contributed by atoms with Crippen molar-refractivity contribution in [2.45, 2.75) is 12.8 Å². The summed E-state index contributed by atoms with van der Waals surface area (Å²) < 4.78 is 6.54. The molecule has 0 saturated carbocycles. The van der Waals surface area contributed by atoms with Crippen LogP contribution in [-0.2, 0) is 5.88 Å². The van der Waals surface area contributed by atoms with E-state index in [1.54, 1.807) is 18.2 Å². The van der Waals surface area contributed by atoms with Gasteiger partial charge in [-0.2, -0.15) is 0 Å². The second-order valence-electron chi connectivity index (χ2n) is 3.70. The number of hydrogen-bond donors (Lipinski definition) is 0. The lowest BCUT2D eigenvalue weighted by Gasteiger charge is -2.09. The SMILES string of the molecule is Cc1nc(Oc2ccc(Br)cc2Cl)ccc1CCl. The quantitative estimate of drug-likeness (QED) is 0.700. The summed E-state index contributed by atoms with van der Waals surface area (Å²) in [7, 11) is 0. The Bertz CT molecular complexity index is 575. The smallest absolute Gasteiger partial charge is 0.219 e. The Labute approximate surface area is 124 Å². The molecular weight excluding hydrogens is 337 g/mol. The average Bonchev–Trinajstić information content (AvgIpc) is 2.33. The van der Waals surface area contributed by atoms with E-state index in [9.17, 15) is 0 Å². The van der Waals surface area contributed by atoms with Crippen LogP contribution >= 0.6 is 39.1 Å². The van der Waals surface area contributed by atoms with E-state index in [4.69, 9.17) is 27.9 Å². The number of halogens is 3. The maximum absolute atomic E-state index is 6.07. The molecule has 0 saturated heterocycles. The molecule has 1 heterocycles. The van der Waals surface area contributed by atoms with Crippen molar-refractivity contribution in [3.8, 4) is 11.6 Å². The summed E-state index contributed by atoms with van der Waals surface area (Å²) in [6, 6.07) is 9.11. The molecule has 0 radical (unpaired) electrons. The summed E-state index contributed by atoms with van der Waals surface area (Å²) in [5.41, 5.74) is 1.85. The van der Waals surface area contributed by atoms with Gasteiger partial charge in [0.1, 0.15) is 5.75 Å². The second kappa shape index (κ2) is 5.91. The van der Waals surface area contributed by atoms with Gasteiger partial charge in [-0.05, 0) is 30.7 Å². The Hall–Kier alpha value is -0.770. The number of nitrogens with zero attached hydrogens (tertiary/aromatic N) is 1. The molecule has 0 bridgehead atoms. The first-order chi connectivity index (χ1) is 8.60. The zero-order chi connectivity index (χ0) is 13.1. The average molecular weight is 347 g/mol. The van der Waals surface area contributed by atoms with Crippen LogP contribution in [-0.4, -0.2) is 4.98 Å². The number of pyridine rings is 1. The van der Waals surface area contributed by atoms with Crippen molar-refractivity contribution in [3.63, 3.8) is 0 Å². The molecule has 18 heavy (non-hydrogen) atoms. The zero-order valence-electron chi connectivity index (χ0n) is 9.58. The first kappa shape index (κ1) is 13.7. The molecule has 0 aliphatic rings. The van der Waals surface area contributed by atoms with Crippen LogP contribution in [0.25, 0.3) is 0 Å². The Morgan fingerprint density at radius 3 is 2.67 bits per heavy atom. The minimum absolute atomic E-state index is 0.443. The lowest BCUT2D eigenvalue weighted by molar-refractivity contribution is 0.461. The largest absolute Gasteiger partial charge is 0.437 e. The van der Waals surface area contributed by atoms with Gasteiger partial charge in [-0.3, -0.25) is 0 Å². The Morgan fingerprint density at radius 1 is 1.28 bits per heavy atom. The van der Waals surface area contributed by atoms with Gasteiger partial charge in [0.2, 0.25) is 5.88 Å². The topological polar surface area (TPSA) is 22.1 Å². The van der Waals surface area contributed by atoms with E-state index in [0.717, 1.165) is 15.7 Å². The number of alkyl halides is 1. The zero-order valence-corrected chi connectivity index (χ0v) is 12.7. The van der Waals surface area contributed by atoms with Crippen LogP contribution in [0.15, 0.2) is 34.8 Å². The normalized spacial score (nSPS) is 10.4. The fourth-order valence-electron chi connectivity index (χ4n) is 1.44. The van der Waals surface area contributed by atoms with E-state index in [1.165, 1.54) is 0 Å². The van der Waals surface area contributed by atoms with Crippen LogP contribution in [0.5, 0.6) is 11.6 Å². The van der Waals surface area contributed by atoms with Crippen molar-refractivity contribution < 1.29 is 4.74 Å². The molecule has 2 rings (SSSR count). The highest BCUT2D eigenvalue weighted by molar-refractivity contribution is 9.10. The number of aromatic nitrogens is 1. The van der Waals surface area contributed by atoms with Gasteiger partial charge in [-0.25, -0.2) is 4.98 Å². The van der Waals surface area contributed by atoms with Crippen molar-refractivity contribution in [2.24, 2.45) is 0 Å². The summed E-state index contributed by atoms with van der Waals surface area (Å²) in [4.78, 5) is 4.33. The van der Waals surface area contributed by atoms with Crippen LogP contribution in [0.2, 0.25) is 5.02 Å². The molecule has 5 heteroatoms. The van der Waals surface area contributed by atoms with Gasteiger partial charge in [0, 0.05) is 22.1 Å². The first-order valence-electron chi connectivity index (χ1n) is 5.25. The first-order valence-corrected chi connectivity index (χ1v) is 6.96. The summed E-state index contributed by atoms with van der Waals surface area (Å²) in [6.45, 7) is 1.90. The predicted molar refractivity (Wildman–Crippen MR) is 77.8 cm³/mol. The summed E-state index contributed by atoms with van der Waals surface area (Å²) in [6.07, 6.45) is 0. The molecule has 0 fully saturated rings. The van der Waals surface area contributed by atoms with Gasteiger partial charge >= 0.3 is 0 Å². The molecule has 1 aromatic heterocycles. The van der Waals surface area contributed by atoms with E-state index in [-0.39, 0.29) is 0 Å². The maximum atomic E-state index is 6.07. The van der Waals surface area contributed by atoms with Gasteiger partial charge in [0.05, 0.1) is 5.02 Å². The Morgan fingerprint density at radius 2 is 2.06 bits per heavy atom. The minimum Gasteiger partial charge on any atom is -0.437 e. The summed E-state index contributed by atoms with van der Waals surface area (Å²) in [5, 5.41) is 0.533. The fraction of sp³-hybridized carbons (Fsp3) is 0.154. The predicted octanol–water partition coefficient (Wildman–Crippen LogP) is 5.34. The third-order valence-corrected chi connectivity index (χ3v) is 3.50. The van der Waals surface area contributed by atoms with E-state index in [0.29, 0.717) is 22.5 Å². The highest BCUT2D eigenvalue weighted by Gasteiger charge is 2.06. The van der Waals surface area contributed by atoms with Gasteiger partial charge in [-0.1, -0.05) is 33.6 Å². The van der Waals surface area contributed by atoms with E-state index in [2.05, 4.69) is 20.9 Å². The van der Waals surface area contributed by atoms with E-state index in [1.807, 2.05) is 19.1 Å². The van der Waals surface area contributed by atoms with Crippen LogP contribution in [0.3, 0.4) is 0 Å². The van der Waals surface area contributed by atoms with Crippen molar-refractivity contribution in [1.29, 1.82) is 0 Å². The molecule has 2 aromatic rings. The molecule has 0 atom stereocenters. The lowest BCUT2D eigenvalue weighted by Crippen LogP contribution is -1.94. The van der Waals surface area contributed by atoms with Crippen LogP contribution < -0.4 is 4.74 Å². The standard InChI is InChI=1S/C13H10BrCl2NO/c1-8-9(7-15)2-5-13(17-8)18-12-4-3-10(14)6-11(12)16/h2-6H,7H2,1H3. The Balaban J connectivity index is 2.26. The third-order valence-electron chi connectivity index (χ3n) is 2.42. The summed E-state index contributed by atoms with van der Waals surface area (Å²) >= 11 is 15.2. The minimum atomic E-state index is 0.443. The van der Waals surface area contributed by atoms with Gasteiger partial charge in [-0.15, -0.1) is 11.6 Å². The van der Waals surface area contributed by atoms with Gasteiger partial charge < -0.3 is 4.74 Å². The molecule has 94 valence electrons. The molecular formula is C13H10BrCl2NO. The van der Waals surface area contributed by atoms with Crippen molar-refractivity contribution in [3.05, 3.63) is 51.1 Å². The number of ether oxygens (including phenoxy) is 1.